The molecule has 2 unspecified atom stereocenters. The number of benzene rings is 2. The molecular weight excluding hydrogens is 485 g/mol. The van der Waals surface area contributed by atoms with Crippen LogP contribution in [0.2, 0.25) is 0 Å². The van der Waals surface area contributed by atoms with Crippen molar-refractivity contribution in [2.24, 2.45) is 10.9 Å². The highest BCUT2D eigenvalue weighted by molar-refractivity contribution is 14.0. The van der Waals surface area contributed by atoms with Gasteiger partial charge in [-0.1, -0.05) is 36.4 Å². The quantitative estimate of drug-likeness (QED) is 0.345. The number of nitrogens with one attached hydrogen (secondary N) is 2. The van der Waals surface area contributed by atoms with Gasteiger partial charge in [0.1, 0.15) is 0 Å². The summed E-state index contributed by atoms with van der Waals surface area (Å²) >= 11 is 0. The van der Waals surface area contributed by atoms with E-state index in [1.807, 2.05) is 0 Å². The van der Waals surface area contributed by atoms with Crippen molar-refractivity contribution in [3.63, 3.8) is 0 Å². The first-order valence-corrected chi connectivity index (χ1v) is 11.0. The maximum atomic E-state index is 4.93. The van der Waals surface area contributed by atoms with Crippen LogP contribution in [0.5, 0.6) is 0 Å². The molecule has 0 spiro atoms. The minimum atomic E-state index is 0. The topological polar surface area (TPSA) is 42.9 Å². The lowest BCUT2D eigenvalue weighted by atomic mass is 10.1. The predicted octanol–water partition coefficient (Wildman–Crippen LogP) is 3.96. The lowest BCUT2D eigenvalue weighted by Gasteiger charge is -2.21. The molecule has 6 heteroatoms. The fraction of sp³-hybridized carbons (Fsp3) is 0.458. The van der Waals surface area contributed by atoms with Crippen LogP contribution in [0, 0.1) is 5.92 Å². The Labute approximate surface area is 198 Å². The third kappa shape index (κ3) is 6.03. The number of anilines is 2. The first-order chi connectivity index (χ1) is 14.3. The van der Waals surface area contributed by atoms with Gasteiger partial charge in [-0.05, 0) is 49.9 Å². The van der Waals surface area contributed by atoms with Crippen LogP contribution in [0.25, 0.3) is 0 Å². The Morgan fingerprint density at radius 1 is 0.900 bits per heavy atom. The molecule has 2 aromatic rings. The first kappa shape index (κ1) is 22.7. The SMILES string of the molecule is CCNC(=NCC1CCN(c2ccccc2)C1)NC1CCN(c2ccccc2)C1.I. The van der Waals surface area contributed by atoms with E-state index in [2.05, 4.69) is 88.0 Å². The fourth-order valence-electron chi connectivity index (χ4n) is 4.34. The lowest BCUT2D eigenvalue weighted by molar-refractivity contribution is 0.591. The van der Waals surface area contributed by atoms with Gasteiger partial charge in [0, 0.05) is 56.7 Å². The van der Waals surface area contributed by atoms with Gasteiger partial charge in [0.25, 0.3) is 0 Å². The predicted molar refractivity (Wildman–Crippen MR) is 138 cm³/mol. The third-order valence-electron chi connectivity index (χ3n) is 5.91. The second-order valence-corrected chi connectivity index (χ2v) is 8.07. The summed E-state index contributed by atoms with van der Waals surface area (Å²) in [6.45, 7) is 8.25. The number of guanidine groups is 1. The molecule has 162 valence electrons. The fourth-order valence-corrected chi connectivity index (χ4v) is 4.34. The summed E-state index contributed by atoms with van der Waals surface area (Å²) in [5.41, 5.74) is 2.64. The molecule has 2 saturated heterocycles. The van der Waals surface area contributed by atoms with Gasteiger partial charge in [0.2, 0.25) is 0 Å². The Morgan fingerprint density at radius 2 is 1.50 bits per heavy atom. The van der Waals surface area contributed by atoms with Gasteiger partial charge in [0.05, 0.1) is 0 Å². The normalized spacial score (nSPS) is 21.4. The number of halogens is 1. The number of nitrogens with zero attached hydrogens (tertiary/aromatic N) is 3. The summed E-state index contributed by atoms with van der Waals surface area (Å²) < 4.78 is 0. The molecule has 2 aliphatic heterocycles. The van der Waals surface area contributed by atoms with E-state index >= 15 is 0 Å². The molecule has 0 aliphatic carbocycles. The van der Waals surface area contributed by atoms with Crippen LogP contribution >= 0.6 is 24.0 Å². The van der Waals surface area contributed by atoms with Crippen molar-refractivity contribution in [1.29, 1.82) is 0 Å². The molecule has 5 nitrogen and oxygen atoms in total. The largest absolute Gasteiger partial charge is 0.371 e. The average Bonchev–Trinajstić information content (AvgIpc) is 3.43. The van der Waals surface area contributed by atoms with Gasteiger partial charge < -0.3 is 20.4 Å². The van der Waals surface area contributed by atoms with E-state index in [4.69, 9.17) is 4.99 Å². The van der Waals surface area contributed by atoms with Crippen molar-refractivity contribution in [3.8, 4) is 0 Å². The second-order valence-electron chi connectivity index (χ2n) is 8.07. The minimum absolute atomic E-state index is 0. The zero-order chi connectivity index (χ0) is 19.9. The average molecular weight is 519 g/mol. The molecule has 0 saturated carbocycles. The monoisotopic (exact) mass is 519 g/mol. The smallest absolute Gasteiger partial charge is 0.191 e. The summed E-state index contributed by atoms with van der Waals surface area (Å²) in [4.78, 5) is 9.87. The van der Waals surface area contributed by atoms with Crippen molar-refractivity contribution in [3.05, 3.63) is 60.7 Å². The summed E-state index contributed by atoms with van der Waals surface area (Å²) in [7, 11) is 0. The molecular formula is C24H34IN5. The van der Waals surface area contributed by atoms with Gasteiger partial charge >= 0.3 is 0 Å². The van der Waals surface area contributed by atoms with E-state index in [-0.39, 0.29) is 24.0 Å². The first-order valence-electron chi connectivity index (χ1n) is 11.0. The zero-order valence-electron chi connectivity index (χ0n) is 17.8. The van der Waals surface area contributed by atoms with E-state index < -0.39 is 0 Å². The Hall–Kier alpha value is -1.96. The molecule has 0 radical (unpaired) electrons. The summed E-state index contributed by atoms with van der Waals surface area (Å²) in [6.07, 6.45) is 2.35. The van der Waals surface area contributed by atoms with E-state index in [9.17, 15) is 0 Å². The number of rotatable bonds is 6. The van der Waals surface area contributed by atoms with E-state index in [0.29, 0.717) is 12.0 Å². The number of hydrogen-bond acceptors (Lipinski definition) is 3. The number of para-hydroxylation sites is 2. The van der Waals surface area contributed by atoms with Crippen molar-refractivity contribution < 1.29 is 0 Å². The highest BCUT2D eigenvalue weighted by Crippen LogP contribution is 2.24. The van der Waals surface area contributed by atoms with Crippen LogP contribution in [0.15, 0.2) is 65.7 Å². The summed E-state index contributed by atoms with van der Waals surface area (Å²) in [5, 5.41) is 7.10. The van der Waals surface area contributed by atoms with Crippen LogP contribution in [-0.4, -0.2) is 51.3 Å². The van der Waals surface area contributed by atoms with Gasteiger partial charge in [-0.2, -0.15) is 0 Å². The standard InChI is InChI=1S/C24H33N5.HI/c1-2-25-24(27-21-14-16-29(19-21)23-11-7-4-8-12-23)26-17-20-13-15-28(18-20)22-9-5-3-6-10-22;/h3-12,20-21H,2,13-19H2,1H3,(H2,25,26,27);1H. The molecule has 2 fully saturated rings. The van der Waals surface area contributed by atoms with Crippen LogP contribution < -0.4 is 20.4 Å². The Kier molecular flexibility index (Phi) is 8.66. The summed E-state index contributed by atoms with van der Waals surface area (Å²) in [6, 6.07) is 21.9. The van der Waals surface area contributed by atoms with Crippen LogP contribution in [-0.2, 0) is 0 Å². The van der Waals surface area contributed by atoms with Crippen LogP contribution in [0.1, 0.15) is 19.8 Å². The molecule has 30 heavy (non-hydrogen) atoms. The van der Waals surface area contributed by atoms with Crippen molar-refractivity contribution >= 4 is 41.3 Å². The van der Waals surface area contributed by atoms with Gasteiger partial charge in [-0.3, -0.25) is 4.99 Å². The molecule has 0 amide bonds. The van der Waals surface area contributed by atoms with Gasteiger partial charge in [0.15, 0.2) is 5.96 Å². The van der Waals surface area contributed by atoms with E-state index in [0.717, 1.165) is 51.6 Å². The molecule has 2 heterocycles. The number of hydrogen-bond donors (Lipinski definition) is 2. The maximum absolute atomic E-state index is 4.93. The van der Waals surface area contributed by atoms with Gasteiger partial charge in [-0.15, -0.1) is 24.0 Å². The van der Waals surface area contributed by atoms with E-state index in [1.54, 1.807) is 0 Å². The minimum Gasteiger partial charge on any atom is -0.371 e. The summed E-state index contributed by atoms with van der Waals surface area (Å²) in [5.74, 6) is 1.58. The Balaban J connectivity index is 0.00000256. The van der Waals surface area contributed by atoms with Crippen molar-refractivity contribution in [2.45, 2.75) is 25.8 Å². The molecule has 4 rings (SSSR count). The Bertz CT molecular complexity index is 783. The molecule has 0 aromatic heterocycles. The maximum Gasteiger partial charge on any atom is 0.191 e. The Morgan fingerprint density at radius 3 is 2.13 bits per heavy atom. The van der Waals surface area contributed by atoms with Crippen molar-refractivity contribution in [1.82, 2.24) is 10.6 Å². The van der Waals surface area contributed by atoms with Crippen LogP contribution in [0.3, 0.4) is 0 Å². The second kappa shape index (κ2) is 11.4. The van der Waals surface area contributed by atoms with E-state index in [1.165, 1.54) is 17.8 Å². The van der Waals surface area contributed by atoms with Crippen LogP contribution in [0.4, 0.5) is 11.4 Å². The molecule has 2 N–H and O–H groups in total. The molecule has 2 aliphatic rings. The molecule has 0 bridgehead atoms. The lowest BCUT2D eigenvalue weighted by Crippen LogP contribution is -2.45. The number of aliphatic imine (C=N–C) groups is 1. The molecule has 2 atom stereocenters. The molecule has 2 aromatic carbocycles. The highest BCUT2D eigenvalue weighted by Gasteiger charge is 2.25. The van der Waals surface area contributed by atoms with Crippen molar-refractivity contribution in [2.75, 3.05) is 49.1 Å². The highest BCUT2D eigenvalue weighted by atomic mass is 127. The third-order valence-corrected chi connectivity index (χ3v) is 5.91. The zero-order valence-corrected chi connectivity index (χ0v) is 20.2. The van der Waals surface area contributed by atoms with Gasteiger partial charge in [-0.25, -0.2) is 0 Å².